The van der Waals surface area contributed by atoms with Crippen LogP contribution < -0.4 is 26.6 Å². The molecule has 4 aromatic heterocycles. The van der Waals surface area contributed by atoms with Crippen LogP contribution in [0.3, 0.4) is 0 Å². The van der Waals surface area contributed by atoms with Gasteiger partial charge in [-0.2, -0.15) is 21.8 Å². The predicted molar refractivity (Wildman–Crippen MR) is 356 cm³/mol. The number of furan rings is 2. The van der Waals surface area contributed by atoms with E-state index in [4.69, 9.17) is 8.83 Å². The Morgan fingerprint density at radius 1 is 0.451 bits per heavy atom. The van der Waals surface area contributed by atoms with Crippen molar-refractivity contribution in [3.8, 4) is 20.9 Å². The van der Waals surface area contributed by atoms with Crippen LogP contribution in [0.1, 0.15) is 66.6 Å². The van der Waals surface area contributed by atoms with Crippen molar-refractivity contribution in [2.45, 2.75) is 53.9 Å². The second kappa shape index (κ2) is 16.1. The molecule has 9 aromatic carbocycles. The van der Waals surface area contributed by atoms with E-state index in [0.29, 0.717) is 0 Å². The van der Waals surface area contributed by atoms with Crippen molar-refractivity contribution in [1.82, 2.24) is 0 Å². The van der Waals surface area contributed by atoms with E-state index in [1.807, 2.05) is 22.7 Å². The summed E-state index contributed by atoms with van der Waals surface area (Å²) in [6.07, 6.45) is 5.02. The van der Waals surface area contributed by atoms with E-state index < -0.39 is 21.8 Å². The maximum atomic E-state index is 7.60. The van der Waals surface area contributed by atoms with Crippen molar-refractivity contribution in [3.63, 3.8) is 0 Å². The summed E-state index contributed by atoms with van der Waals surface area (Å²) < 4.78 is 17.3. The van der Waals surface area contributed by atoms with Crippen LogP contribution in [0.15, 0.2) is 213 Å². The molecule has 2 atom stereocenters. The molecule has 2 unspecified atom stereocenters. The van der Waals surface area contributed by atoms with Crippen LogP contribution in [0.25, 0.3) is 85.0 Å². The second-order valence-electron chi connectivity index (χ2n) is 24.2. The lowest BCUT2D eigenvalue weighted by molar-refractivity contribution is 0.637. The second-order valence-corrected chi connectivity index (χ2v) is 31.8. The molecule has 10 heterocycles. The van der Waals surface area contributed by atoms with Gasteiger partial charge in [0.2, 0.25) is 0 Å². The molecule has 0 saturated heterocycles. The number of thiol groups is 2. The Morgan fingerprint density at radius 2 is 0.890 bits per heavy atom. The van der Waals surface area contributed by atoms with Crippen LogP contribution in [-0.4, -0.2) is 6.71 Å². The van der Waals surface area contributed by atoms with Gasteiger partial charge >= 0.3 is 6.71 Å². The Kier molecular flexibility index (Phi) is 9.11. The lowest BCUT2D eigenvalue weighted by atomic mass is 9.37. The van der Waals surface area contributed by atoms with Gasteiger partial charge in [-0.15, -0.1) is 22.7 Å². The highest BCUT2D eigenvalue weighted by Crippen LogP contribution is 2.69. The SMILES string of the molecule is Cc1cc2c3c(c1)N1c4cc(cc(-c5cc6ccccc6s5)c4)C4=Cc5ccccc5[SH]4C(C)(C)c4ccc5oc(c1c5c4)B3c1oc3ccc4cc3c1N2c1cc(cc(-c2cc3ccccc3s2)c1)C1=Cc2ccccc2[SH]1C4(C)C. The summed E-state index contributed by atoms with van der Waals surface area (Å²) in [7, 11) is -1.73. The summed E-state index contributed by atoms with van der Waals surface area (Å²) >= 11 is 3.76. The van der Waals surface area contributed by atoms with E-state index in [9.17, 15) is 0 Å². The van der Waals surface area contributed by atoms with Crippen LogP contribution in [0.2, 0.25) is 0 Å². The van der Waals surface area contributed by atoms with Gasteiger partial charge in [0.15, 0.2) is 0 Å². The highest BCUT2D eigenvalue weighted by atomic mass is 32.2. The van der Waals surface area contributed by atoms with Crippen molar-refractivity contribution in [2.75, 3.05) is 9.80 Å². The van der Waals surface area contributed by atoms with Crippen LogP contribution in [-0.2, 0) is 9.49 Å². The largest absolute Gasteiger partial charge is 0.468 e. The molecule has 0 radical (unpaired) electrons. The summed E-state index contributed by atoms with van der Waals surface area (Å²) in [6, 6.07) is 74.7. The standard InChI is InChI=1S/C73H51BN2O2S4/c1-40-26-55-67-56(27-40)76-52-31-46(62-35-42-15-7-11-19-60(42)80-62)29-48(33-52)66-37-44-17-9-13-21-64(44)82(66)73(4,5)50-23-25-58-54(39-50)69(76)71(78-58)74(67)70-68-53-38-49(22-24-57(53)77-70)72(2,3)81-63-20-12-8-16-43(63)36-65(81)47-28-45(30-51(32-47)75(55)68)61-34-41-14-6-10-18-59(41)79-61/h6-39,81-82H,1-5H3. The minimum atomic E-state index is -0.866. The number of fused-ring (bicyclic) bond motifs is 22. The number of thiophene rings is 2. The molecule has 392 valence electrons. The zero-order valence-corrected chi connectivity index (χ0v) is 49.1. The summed E-state index contributed by atoms with van der Waals surface area (Å²) in [5.74, 6) is 0. The first-order chi connectivity index (χ1) is 40.0. The van der Waals surface area contributed by atoms with Gasteiger partial charge in [0.05, 0.1) is 11.4 Å². The van der Waals surface area contributed by atoms with E-state index in [1.54, 1.807) is 0 Å². The average molecular weight is 1130 g/mol. The van der Waals surface area contributed by atoms with Crippen LogP contribution in [0.4, 0.5) is 34.1 Å². The quantitative estimate of drug-likeness (QED) is 0.133. The van der Waals surface area contributed by atoms with Gasteiger partial charge in [-0.25, -0.2) is 0 Å². The van der Waals surface area contributed by atoms with Crippen LogP contribution >= 0.6 is 44.5 Å². The lowest BCUT2D eigenvalue weighted by Crippen LogP contribution is -2.60. The first kappa shape index (κ1) is 46.4. The number of anilines is 6. The number of hydrogen-bond acceptors (Lipinski definition) is 6. The Bertz CT molecular complexity index is 4760. The van der Waals surface area contributed by atoms with Crippen molar-refractivity contribution < 1.29 is 8.83 Å². The molecule has 19 rings (SSSR count). The summed E-state index contributed by atoms with van der Waals surface area (Å²) in [5.41, 5.74) is 22.9. The molecule has 0 amide bonds. The third-order valence-corrected chi connectivity index (χ3v) is 27.3. The molecule has 0 spiro atoms. The number of hydrogen-bond donors (Lipinski definition) is 2. The fraction of sp³-hybridized carbons (Fsp3) is 0.0959. The van der Waals surface area contributed by atoms with E-state index in [-0.39, 0.29) is 16.2 Å². The Morgan fingerprint density at radius 3 is 1.37 bits per heavy atom. The molecule has 9 heteroatoms. The van der Waals surface area contributed by atoms with E-state index in [2.05, 4.69) is 251 Å². The average Bonchev–Trinajstić information content (AvgIpc) is 2.36. The van der Waals surface area contributed by atoms with E-state index in [1.165, 1.54) is 105 Å². The van der Waals surface area contributed by atoms with Crippen molar-refractivity contribution >= 4 is 166 Å². The highest BCUT2D eigenvalue weighted by molar-refractivity contribution is 8.26. The lowest BCUT2D eigenvalue weighted by Gasteiger charge is -2.41. The molecule has 8 bridgehead atoms. The Hall–Kier alpha value is -8.18. The molecule has 13 aromatic rings. The third-order valence-electron chi connectivity index (χ3n) is 18.7. The van der Waals surface area contributed by atoms with E-state index >= 15 is 0 Å². The monoisotopic (exact) mass is 1130 g/mol. The number of aryl methyl sites for hydroxylation is 1. The fourth-order valence-corrected chi connectivity index (χ4v) is 23.3. The van der Waals surface area contributed by atoms with Gasteiger partial charge in [0.1, 0.15) is 22.5 Å². The first-order valence-electron chi connectivity index (χ1n) is 28.4. The molecule has 82 heavy (non-hydrogen) atoms. The molecule has 6 aliphatic rings. The van der Waals surface area contributed by atoms with Crippen LogP contribution in [0, 0.1) is 6.92 Å². The van der Waals surface area contributed by atoms with Crippen molar-refractivity contribution in [3.05, 3.63) is 233 Å². The highest BCUT2D eigenvalue weighted by Gasteiger charge is 2.51. The van der Waals surface area contributed by atoms with Gasteiger partial charge < -0.3 is 18.6 Å². The zero-order valence-electron chi connectivity index (χ0n) is 45.6. The number of nitrogens with zero attached hydrogens (tertiary/aromatic N) is 2. The van der Waals surface area contributed by atoms with Crippen molar-refractivity contribution in [2.24, 2.45) is 0 Å². The normalized spacial score (nSPS) is 18.7. The van der Waals surface area contributed by atoms with Gasteiger partial charge in [-0.1, -0.05) is 84.9 Å². The molecule has 0 N–H and O–H groups in total. The Balaban J connectivity index is 0.934. The smallest absolute Gasteiger partial charge is 0.342 e. The summed E-state index contributed by atoms with van der Waals surface area (Å²) in [4.78, 5) is 13.4. The molecule has 0 aliphatic carbocycles. The number of rotatable bonds is 2. The molecular weight excluding hydrogens is 1080 g/mol. The molecule has 0 fully saturated rings. The minimum Gasteiger partial charge on any atom is -0.468 e. The fourth-order valence-electron chi connectivity index (χ4n) is 14.9. The topological polar surface area (TPSA) is 32.8 Å². The predicted octanol–water partition coefficient (Wildman–Crippen LogP) is 19.6. The maximum Gasteiger partial charge on any atom is 0.342 e. The number of benzene rings is 9. The van der Waals surface area contributed by atoms with Crippen molar-refractivity contribution in [1.29, 1.82) is 0 Å². The molecule has 0 saturated carbocycles. The van der Waals surface area contributed by atoms with Gasteiger partial charge in [0, 0.05) is 72.0 Å². The summed E-state index contributed by atoms with van der Waals surface area (Å²) in [6.45, 7) is 11.9. The molecular formula is C73H51BN2O2S4. The third kappa shape index (κ3) is 6.16. The maximum absolute atomic E-state index is 7.60. The molecule has 6 aliphatic heterocycles. The van der Waals surface area contributed by atoms with E-state index in [0.717, 1.165) is 67.4 Å². The zero-order chi connectivity index (χ0) is 54.2. The summed E-state index contributed by atoms with van der Waals surface area (Å²) in [5, 5.41) is 4.78. The molecule has 4 nitrogen and oxygen atoms in total. The van der Waals surface area contributed by atoms with Gasteiger partial charge in [-0.05, 0) is 232 Å². The van der Waals surface area contributed by atoms with Crippen LogP contribution in [0.5, 0.6) is 0 Å². The van der Waals surface area contributed by atoms with Gasteiger partial charge in [-0.3, -0.25) is 0 Å². The van der Waals surface area contributed by atoms with Gasteiger partial charge in [0.25, 0.3) is 0 Å². The minimum absolute atomic E-state index is 0.237. The Labute approximate surface area is 489 Å². The first-order valence-corrected chi connectivity index (χ1v) is 32.7.